The molecule has 5 nitrogen and oxygen atoms in total. The van der Waals surface area contributed by atoms with Crippen LogP contribution < -0.4 is 27.8 Å². The molecule has 0 rings (SSSR count). The van der Waals surface area contributed by atoms with Crippen molar-refractivity contribution in [3.8, 4) is 0 Å². The molecule has 1 unspecified atom stereocenters. The maximum atomic E-state index is 5.58. The molecule has 0 heterocycles. The van der Waals surface area contributed by atoms with E-state index in [0.29, 0.717) is 0 Å². The van der Waals surface area contributed by atoms with Gasteiger partial charge in [0.05, 0.1) is 0 Å². The minimum Gasteiger partial charge on any atom is -0.304 e. The third-order valence-electron chi connectivity index (χ3n) is 0.961. The molecule has 0 aromatic rings. The van der Waals surface area contributed by atoms with Gasteiger partial charge in [0.15, 0.2) is 0 Å². The average Bonchev–Trinajstić information content (AvgIpc) is 1.53. The lowest BCUT2D eigenvalue weighted by molar-refractivity contribution is 0.301. The van der Waals surface area contributed by atoms with Gasteiger partial charge in [0, 0.05) is 5.54 Å². The Bertz CT molecular complexity index is 106. The monoisotopic (exact) mass is 161 g/mol. The molecule has 0 saturated carbocycles. The fourth-order valence-electron chi connectivity index (χ4n) is 0.716. The van der Waals surface area contributed by atoms with Crippen LogP contribution in [0.3, 0.4) is 0 Å². The minimum absolute atomic E-state index is 0.0404. The third-order valence-corrected chi connectivity index (χ3v) is 0.961. The summed E-state index contributed by atoms with van der Waals surface area (Å²) in [6.45, 7) is 6.03. The fourth-order valence-corrected chi connectivity index (χ4v) is 0.716. The Kier molecular flexibility index (Phi) is 3.91. The Balaban J connectivity index is 3.61. The molecule has 0 aliphatic carbocycles. The number of hydrogen-bond donors (Lipinski definition) is 5. The van der Waals surface area contributed by atoms with Crippen LogP contribution in [0.15, 0.2) is 0 Å². The third kappa shape index (κ3) is 7.70. The van der Waals surface area contributed by atoms with Crippen LogP contribution in [0.4, 0.5) is 0 Å². The SMILES string of the molecule is CC(C)(C)NC(N)NC(N)N. The van der Waals surface area contributed by atoms with Gasteiger partial charge in [-0.2, -0.15) is 0 Å². The lowest BCUT2D eigenvalue weighted by Gasteiger charge is -2.27. The van der Waals surface area contributed by atoms with Crippen LogP contribution in [0.5, 0.6) is 0 Å². The zero-order valence-electron chi connectivity index (χ0n) is 7.39. The number of nitrogens with two attached hydrogens (primary N) is 3. The summed E-state index contributed by atoms with van der Waals surface area (Å²) in [7, 11) is 0. The van der Waals surface area contributed by atoms with Gasteiger partial charge >= 0.3 is 0 Å². The molecule has 1 atom stereocenters. The van der Waals surface area contributed by atoms with E-state index in [9.17, 15) is 0 Å². The summed E-state index contributed by atoms with van der Waals surface area (Å²) < 4.78 is 0. The first-order valence-corrected chi connectivity index (χ1v) is 3.62. The highest BCUT2D eigenvalue weighted by molar-refractivity contribution is 4.73. The first-order valence-electron chi connectivity index (χ1n) is 3.62. The van der Waals surface area contributed by atoms with Crippen LogP contribution in [0.2, 0.25) is 0 Å². The highest BCUT2D eigenvalue weighted by atomic mass is 15.3. The van der Waals surface area contributed by atoms with Gasteiger partial charge < -0.3 is 17.2 Å². The molecule has 0 fully saturated rings. The summed E-state index contributed by atoms with van der Waals surface area (Å²) in [5.41, 5.74) is 16.1. The molecule has 0 aliphatic rings. The maximum Gasteiger partial charge on any atom is 0.111 e. The summed E-state index contributed by atoms with van der Waals surface area (Å²) >= 11 is 0. The van der Waals surface area contributed by atoms with Gasteiger partial charge in [-0.15, -0.1) is 0 Å². The number of rotatable bonds is 3. The smallest absolute Gasteiger partial charge is 0.111 e. The van der Waals surface area contributed by atoms with Crippen molar-refractivity contribution in [1.82, 2.24) is 10.6 Å². The predicted molar refractivity (Wildman–Crippen MR) is 46.2 cm³/mol. The summed E-state index contributed by atoms with van der Waals surface area (Å²) in [4.78, 5) is 0. The molecular weight excluding hydrogens is 142 g/mol. The van der Waals surface area contributed by atoms with Crippen LogP contribution >= 0.6 is 0 Å². The Morgan fingerprint density at radius 3 is 1.82 bits per heavy atom. The van der Waals surface area contributed by atoms with Crippen LogP contribution in [0, 0.1) is 0 Å². The van der Waals surface area contributed by atoms with Crippen molar-refractivity contribution in [2.75, 3.05) is 0 Å². The Morgan fingerprint density at radius 1 is 1.09 bits per heavy atom. The topological polar surface area (TPSA) is 102 Å². The van der Waals surface area contributed by atoms with E-state index in [0.717, 1.165) is 0 Å². The summed E-state index contributed by atoms with van der Waals surface area (Å²) in [5, 5.41) is 5.78. The van der Waals surface area contributed by atoms with Gasteiger partial charge in [-0.05, 0) is 20.8 Å². The van der Waals surface area contributed by atoms with Crippen LogP contribution in [-0.2, 0) is 0 Å². The van der Waals surface area contributed by atoms with E-state index in [2.05, 4.69) is 10.6 Å². The van der Waals surface area contributed by atoms with E-state index >= 15 is 0 Å². The van der Waals surface area contributed by atoms with E-state index in [1.807, 2.05) is 20.8 Å². The number of nitrogens with one attached hydrogen (secondary N) is 2. The largest absolute Gasteiger partial charge is 0.304 e. The van der Waals surface area contributed by atoms with E-state index in [1.165, 1.54) is 0 Å². The first kappa shape index (κ1) is 10.8. The average molecular weight is 161 g/mol. The summed E-state index contributed by atoms with van der Waals surface area (Å²) in [6.07, 6.45) is -0.949. The Hall–Kier alpha value is -0.200. The summed E-state index contributed by atoms with van der Waals surface area (Å²) in [6, 6.07) is 0. The molecule has 8 N–H and O–H groups in total. The zero-order chi connectivity index (χ0) is 9.07. The van der Waals surface area contributed by atoms with Crippen molar-refractivity contribution < 1.29 is 0 Å². The molecule has 0 radical (unpaired) electrons. The van der Waals surface area contributed by atoms with E-state index in [4.69, 9.17) is 17.2 Å². The van der Waals surface area contributed by atoms with Crippen molar-refractivity contribution in [3.05, 3.63) is 0 Å². The second-order valence-corrected chi connectivity index (χ2v) is 3.56. The highest BCUT2D eigenvalue weighted by Gasteiger charge is 2.13. The Labute approximate surface area is 67.7 Å². The first-order chi connectivity index (χ1) is 4.81. The zero-order valence-corrected chi connectivity index (χ0v) is 7.39. The molecule has 11 heavy (non-hydrogen) atoms. The predicted octanol–water partition coefficient (Wildman–Crippen LogP) is -1.59. The van der Waals surface area contributed by atoms with Gasteiger partial charge in [-0.25, -0.2) is 0 Å². The second-order valence-electron chi connectivity index (χ2n) is 3.56. The van der Waals surface area contributed by atoms with Crippen LogP contribution in [0.1, 0.15) is 20.8 Å². The van der Waals surface area contributed by atoms with Crippen molar-refractivity contribution in [3.63, 3.8) is 0 Å². The molecule has 0 aromatic carbocycles. The molecule has 5 heteroatoms. The van der Waals surface area contributed by atoms with Crippen molar-refractivity contribution in [1.29, 1.82) is 0 Å². The molecule has 0 amide bonds. The van der Waals surface area contributed by atoms with Crippen LogP contribution in [-0.4, -0.2) is 18.1 Å². The summed E-state index contributed by atoms with van der Waals surface area (Å²) in [5.74, 6) is 0. The molecular formula is C6H19N5. The quantitative estimate of drug-likeness (QED) is 0.321. The second kappa shape index (κ2) is 3.99. The van der Waals surface area contributed by atoms with E-state index in [-0.39, 0.29) is 11.8 Å². The van der Waals surface area contributed by atoms with Crippen molar-refractivity contribution in [2.24, 2.45) is 17.2 Å². The normalized spacial score (nSPS) is 15.5. The van der Waals surface area contributed by atoms with E-state index < -0.39 is 6.29 Å². The standard InChI is InChI=1S/C6H19N5/c1-6(2,3)11-5(9)10-4(7)8/h4-5,10-11H,7-9H2,1-3H3. The molecule has 68 valence electrons. The van der Waals surface area contributed by atoms with Gasteiger partial charge in [0.25, 0.3) is 0 Å². The highest BCUT2D eigenvalue weighted by Crippen LogP contribution is 1.97. The fraction of sp³-hybridized carbons (Fsp3) is 1.00. The van der Waals surface area contributed by atoms with E-state index in [1.54, 1.807) is 0 Å². The van der Waals surface area contributed by atoms with Gasteiger partial charge in [0.1, 0.15) is 12.6 Å². The Morgan fingerprint density at radius 2 is 1.55 bits per heavy atom. The minimum atomic E-state index is -0.583. The molecule has 0 saturated heterocycles. The maximum absolute atomic E-state index is 5.58. The molecule has 0 aliphatic heterocycles. The number of hydrogen-bond acceptors (Lipinski definition) is 5. The molecule has 0 spiro atoms. The van der Waals surface area contributed by atoms with Crippen molar-refractivity contribution >= 4 is 0 Å². The van der Waals surface area contributed by atoms with Gasteiger partial charge in [0.2, 0.25) is 0 Å². The lowest BCUT2D eigenvalue weighted by atomic mass is 10.1. The lowest BCUT2D eigenvalue weighted by Crippen LogP contribution is -2.62. The molecule has 0 bridgehead atoms. The van der Waals surface area contributed by atoms with Gasteiger partial charge in [-0.1, -0.05) is 0 Å². The molecule has 0 aromatic heterocycles. The van der Waals surface area contributed by atoms with Crippen molar-refractivity contribution in [2.45, 2.75) is 38.9 Å². The van der Waals surface area contributed by atoms with Crippen LogP contribution in [0.25, 0.3) is 0 Å². The van der Waals surface area contributed by atoms with Gasteiger partial charge in [-0.3, -0.25) is 10.6 Å².